The first kappa shape index (κ1) is 20.1. The van der Waals surface area contributed by atoms with Crippen molar-refractivity contribution in [3.63, 3.8) is 0 Å². The number of rotatable bonds is 9. The minimum absolute atomic E-state index is 0.307. The second kappa shape index (κ2) is 10.1. The lowest BCUT2D eigenvalue weighted by molar-refractivity contribution is -0.144. The van der Waals surface area contributed by atoms with E-state index in [1.54, 1.807) is 50.4 Å². The monoisotopic (exact) mass is 373 g/mol. The molecule has 1 amide bonds. The fourth-order valence-corrected chi connectivity index (χ4v) is 2.30. The summed E-state index contributed by atoms with van der Waals surface area (Å²) in [6, 6.07) is 8.47. The molecule has 27 heavy (non-hydrogen) atoms. The van der Waals surface area contributed by atoms with Crippen molar-refractivity contribution in [3.8, 4) is 11.5 Å². The summed E-state index contributed by atoms with van der Waals surface area (Å²) in [7, 11) is 1.54. The zero-order valence-corrected chi connectivity index (χ0v) is 15.6. The summed E-state index contributed by atoms with van der Waals surface area (Å²) < 4.78 is 20.8. The van der Waals surface area contributed by atoms with Gasteiger partial charge in [-0.2, -0.15) is 0 Å². The second-order valence-electron chi connectivity index (χ2n) is 5.59. The maximum atomic E-state index is 11.8. The quantitative estimate of drug-likeness (QED) is 0.537. The van der Waals surface area contributed by atoms with Crippen LogP contribution in [0.1, 0.15) is 31.2 Å². The highest BCUT2D eigenvalue weighted by Gasteiger charge is 2.13. The molecule has 0 unspecified atom stereocenters. The van der Waals surface area contributed by atoms with Gasteiger partial charge in [-0.3, -0.25) is 4.79 Å². The van der Waals surface area contributed by atoms with Crippen molar-refractivity contribution >= 4 is 18.0 Å². The number of nitrogens with one attached hydrogen (secondary N) is 1. The molecular weight excluding hydrogens is 350 g/mol. The standard InChI is InChI=1S/C20H23NO6/c1-4-25-17-9-7-15(12-18(17)24-3)8-10-20(23)27-13-19(22)21-14(2)16-6-5-11-26-16/h5-12,14H,4,13H2,1-3H3,(H,21,22)/b10-8+/t14-/m0/s1. The SMILES string of the molecule is CCOc1ccc(/C=C/C(=O)OCC(=O)N[C@@H](C)c2ccco2)cc1OC. The van der Waals surface area contributed by atoms with Crippen LogP contribution < -0.4 is 14.8 Å². The molecular formula is C20H23NO6. The Morgan fingerprint density at radius 2 is 2.07 bits per heavy atom. The molecule has 0 aliphatic rings. The summed E-state index contributed by atoms with van der Waals surface area (Å²) in [5.74, 6) is 0.784. The molecule has 0 saturated carbocycles. The van der Waals surface area contributed by atoms with Crippen molar-refractivity contribution in [3.05, 3.63) is 54.0 Å². The molecule has 7 heteroatoms. The summed E-state index contributed by atoms with van der Waals surface area (Å²) in [4.78, 5) is 23.6. The highest BCUT2D eigenvalue weighted by molar-refractivity contribution is 5.89. The van der Waals surface area contributed by atoms with Crippen molar-refractivity contribution < 1.29 is 28.2 Å². The fourth-order valence-electron chi connectivity index (χ4n) is 2.30. The first-order valence-corrected chi connectivity index (χ1v) is 8.52. The van der Waals surface area contributed by atoms with E-state index in [4.69, 9.17) is 18.6 Å². The van der Waals surface area contributed by atoms with Crippen LogP contribution in [0.15, 0.2) is 47.1 Å². The molecule has 1 aromatic carbocycles. The van der Waals surface area contributed by atoms with Crippen LogP contribution >= 0.6 is 0 Å². The van der Waals surface area contributed by atoms with E-state index in [0.29, 0.717) is 23.9 Å². The Bertz CT molecular complexity index is 782. The molecule has 7 nitrogen and oxygen atoms in total. The van der Waals surface area contributed by atoms with Gasteiger partial charge >= 0.3 is 5.97 Å². The number of methoxy groups -OCH3 is 1. The summed E-state index contributed by atoms with van der Waals surface area (Å²) in [5.41, 5.74) is 0.739. The Morgan fingerprint density at radius 3 is 2.74 bits per heavy atom. The van der Waals surface area contributed by atoms with E-state index in [9.17, 15) is 9.59 Å². The maximum absolute atomic E-state index is 11.8. The van der Waals surface area contributed by atoms with Crippen molar-refractivity contribution in [1.82, 2.24) is 5.32 Å². The first-order chi connectivity index (χ1) is 13.0. The van der Waals surface area contributed by atoms with Gasteiger partial charge in [-0.05, 0) is 49.8 Å². The second-order valence-corrected chi connectivity index (χ2v) is 5.59. The molecule has 0 spiro atoms. The zero-order valence-electron chi connectivity index (χ0n) is 15.6. The van der Waals surface area contributed by atoms with E-state index < -0.39 is 11.9 Å². The van der Waals surface area contributed by atoms with Crippen molar-refractivity contribution in [2.24, 2.45) is 0 Å². The van der Waals surface area contributed by atoms with Gasteiger partial charge in [-0.25, -0.2) is 4.79 Å². The Labute approximate surface area is 157 Å². The number of benzene rings is 1. The number of amides is 1. The average molecular weight is 373 g/mol. The lowest BCUT2D eigenvalue weighted by atomic mass is 10.2. The number of carbonyl (C=O) groups excluding carboxylic acids is 2. The summed E-state index contributed by atoms with van der Waals surface area (Å²) in [6.45, 7) is 3.81. The third kappa shape index (κ3) is 6.22. The van der Waals surface area contributed by atoms with Crippen LogP contribution in [-0.4, -0.2) is 32.2 Å². The topological polar surface area (TPSA) is 87.0 Å². The van der Waals surface area contributed by atoms with Gasteiger partial charge in [0.15, 0.2) is 18.1 Å². The smallest absolute Gasteiger partial charge is 0.331 e. The molecule has 1 N–H and O–H groups in total. The predicted octanol–water partition coefficient (Wildman–Crippen LogP) is 3.12. The lowest BCUT2D eigenvalue weighted by Crippen LogP contribution is -2.30. The van der Waals surface area contributed by atoms with E-state index in [1.807, 2.05) is 6.92 Å². The molecule has 0 fully saturated rings. The van der Waals surface area contributed by atoms with Crippen molar-refractivity contribution in [2.75, 3.05) is 20.3 Å². The summed E-state index contributed by atoms with van der Waals surface area (Å²) in [5, 5.41) is 2.68. The van der Waals surface area contributed by atoms with Gasteiger partial charge in [0.25, 0.3) is 5.91 Å². The number of ether oxygens (including phenoxy) is 3. The molecule has 0 aliphatic carbocycles. The number of hydrogen-bond acceptors (Lipinski definition) is 6. The zero-order chi connectivity index (χ0) is 19.6. The largest absolute Gasteiger partial charge is 0.493 e. The molecule has 0 bridgehead atoms. The van der Waals surface area contributed by atoms with E-state index >= 15 is 0 Å². The van der Waals surface area contributed by atoms with Gasteiger partial charge in [0.1, 0.15) is 5.76 Å². The third-order valence-corrected chi connectivity index (χ3v) is 3.59. The molecule has 2 aromatic rings. The maximum Gasteiger partial charge on any atom is 0.331 e. The summed E-state index contributed by atoms with van der Waals surface area (Å²) in [6.07, 6.45) is 4.35. The number of hydrogen-bond donors (Lipinski definition) is 1. The van der Waals surface area contributed by atoms with Crippen LogP contribution in [-0.2, 0) is 14.3 Å². The Hall–Kier alpha value is -3.22. The fraction of sp³-hybridized carbons (Fsp3) is 0.300. The highest BCUT2D eigenvalue weighted by Crippen LogP contribution is 2.28. The van der Waals surface area contributed by atoms with E-state index in [-0.39, 0.29) is 12.6 Å². The Morgan fingerprint density at radius 1 is 1.26 bits per heavy atom. The van der Waals surface area contributed by atoms with Crippen molar-refractivity contribution in [1.29, 1.82) is 0 Å². The van der Waals surface area contributed by atoms with Gasteiger partial charge < -0.3 is 23.9 Å². The minimum atomic E-state index is -0.622. The van der Waals surface area contributed by atoms with Gasteiger partial charge in [0.05, 0.1) is 26.0 Å². The molecule has 0 saturated heterocycles. The van der Waals surface area contributed by atoms with Gasteiger partial charge in [0, 0.05) is 6.08 Å². The molecule has 2 rings (SSSR count). The van der Waals surface area contributed by atoms with E-state index in [0.717, 1.165) is 5.56 Å². The number of furan rings is 1. The Balaban J connectivity index is 1.83. The van der Waals surface area contributed by atoms with Crippen LogP contribution in [0.2, 0.25) is 0 Å². The highest BCUT2D eigenvalue weighted by atomic mass is 16.5. The molecule has 144 valence electrons. The number of esters is 1. The molecule has 1 heterocycles. The van der Waals surface area contributed by atoms with Gasteiger partial charge in [-0.1, -0.05) is 6.07 Å². The van der Waals surface area contributed by atoms with E-state index in [2.05, 4.69) is 5.32 Å². The summed E-state index contributed by atoms with van der Waals surface area (Å²) >= 11 is 0. The van der Waals surface area contributed by atoms with Crippen LogP contribution in [0.3, 0.4) is 0 Å². The van der Waals surface area contributed by atoms with Gasteiger partial charge in [-0.15, -0.1) is 0 Å². The molecule has 1 atom stereocenters. The van der Waals surface area contributed by atoms with Crippen LogP contribution in [0.5, 0.6) is 11.5 Å². The predicted molar refractivity (Wildman–Crippen MR) is 99.4 cm³/mol. The molecule has 0 radical (unpaired) electrons. The normalized spacial score (nSPS) is 11.8. The van der Waals surface area contributed by atoms with Crippen molar-refractivity contribution in [2.45, 2.75) is 19.9 Å². The van der Waals surface area contributed by atoms with E-state index in [1.165, 1.54) is 12.3 Å². The third-order valence-electron chi connectivity index (χ3n) is 3.59. The van der Waals surface area contributed by atoms with Crippen LogP contribution in [0.4, 0.5) is 0 Å². The Kier molecular flexibility index (Phi) is 7.49. The average Bonchev–Trinajstić information content (AvgIpc) is 3.20. The van der Waals surface area contributed by atoms with Crippen LogP contribution in [0.25, 0.3) is 6.08 Å². The lowest BCUT2D eigenvalue weighted by Gasteiger charge is -2.11. The number of carbonyl (C=O) groups is 2. The molecule has 0 aliphatic heterocycles. The minimum Gasteiger partial charge on any atom is -0.493 e. The molecule has 1 aromatic heterocycles. The van der Waals surface area contributed by atoms with Crippen LogP contribution in [0, 0.1) is 0 Å². The van der Waals surface area contributed by atoms with Gasteiger partial charge in [0.2, 0.25) is 0 Å². The first-order valence-electron chi connectivity index (χ1n) is 8.52.